The van der Waals surface area contributed by atoms with Gasteiger partial charge >= 0.3 is 6.09 Å². The van der Waals surface area contributed by atoms with Gasteiger partial charge in [0.15, 0.2) is 0 Å². The highest BCUT2D eigenvalue weighted by Gasteiger charge is 2.31. The molecule has 1 amide bonds. The van der Waals surface area contributed by atoms with Crippen molar-refractivity contribution in [1.29, 1.82) is 0 Å². The van der Waals surface area contributed by atoms with Crippen molar-refractivity contribution in [1.82, 2.24) is 14.5 Å². The number of cyclic esters (lactones) is 1. The SMILES string of the molecule is CCN1C(=O)OC[C@@H]1Cc1cn(Cc2ccccc2)cn1. The Hall–Kier alpha value is -2.30. The number of imidazole rings is 1. The summed E-state index contributed by atoms with van der Waals surface area (Å²) in [6.07, 6.45) is 4.41. The van der Waals surface area contributed by atoms with E-state index in [0.717, 1.165) is 18.7 Å². The second kappa shape index (κ2) is 5.99. The van der Waals surface area contributed by atoms with Gasteiger partial charge in [0.25, 0.3) is 0 Å². The second-order valence-corrected chi connectivity index (χ2v) is 5.24. The Balaban J connectivity index is 1.64. The predicted molar refractivity (Wildman–Crippen MR) is 79.0 cm³/mol. The minimum atomic E-state index is -0.216. The topological polar surface area (TPSA) is 47.4 Å². The number of nitrogens with zero attached hydrogens (tertiary/aromatic N) is 3. The lowest BCUT2D eigenvalue weighted by atomic mass is 10.1. The largest absolute Gasteiger partial charge is 0.447 e. The third-order valence-corrected chi connectivity index (χ3v) is 3.75. The quantitative estimate of drug-likeness (QED) is 0.847. The van der Waals surface area contributed by atoms with E-state index in [9.17, 15) is 4.79 Å². The summed E-state index contributed by atoms with van der Waals surface area (Å²) in [6.45, 7) is 3.91. The lowest BCUT2D eigenvalue weighted by Gasteiger charge is -2.18. The summed E-state index contributed by atoms with van der Waals surface area (Å²) in [5.74, 6) is 0. The van der Waals surface area contributed by atoms with Gasteiger partial charge in [-0.2, -0.15) is 0 Å². The molecule has 0 spiro atoms. The fourth-order valence-electron chi connectivity index (χ4n) is 2.68. The van der Waals surface area contributed by atoms with E-state index in [1.807, 2.05) is 37.6 Å². The molecule has 5 heteroatoms. The van der Waals surface area contributed by atoms with Gasteiger partial charge in [-0.15, -0.1) is 0 Å². The highest BCUT2D eigenvalue weighted by Crippen LogP contribution is 2.16. The van der Waals surface area contributed by atoms with Gasteiger partial charge in [-0.1, -0.05) is 30.3 Å². The predicted octanol–water partition coefficient (Wildman–Crippen LogP) is 2.31. The van der Waals surface area contributed by atoms with Crippen LogP contribution in [0.4, 0.5) is 4.79 Å². The smallest absolute Gasteiger partial charge is 0.410 e. The van der Waals surface area contributed by atoms with Crippen LogP contribution in [0.15, 0.2) is 42.9 Å². The number of amides is 1. The van der Waals surface area contributed by atoms with Crippen LogP contribution in [-0.2, 0) is 17.7 Å². The van der Waals surface area contributed by atoms with Gasteiger partial charge in [0, 0.05) is 25.7 Å². The monoisotopic (exact) mass is 285 g/mol. The molecule has 1 fully saturated rings. The summed E-state index contributed by atoms with van der Waals surface area (Å²) in [6, 6.07) is 10.4. The van der Waals surface area contributed by atoms with Crippen molar-refractivity contribution in [3.63, 3.8) is 0 Å². The molecule has 1 saturated heterocycles. The number of ether oxygens (including phenoxy) is 1. The molecule has 1 aliphatic rings. The van der Waals surface area contributed by atoms with Crippen molar-refractivity contribution in [3.8, 4) is 0 Å². The molecular formula is C16H19N3O2. The molecule has 1 aromatic heterocycles. The van der Waals surface area contributed by atoms with Gasteiger partial charge < -0.3 is 14.2 Å². The lowest BCUT2D eigenvalue weighted by Crippen LogP contribution is -2.34. The Morgan fingerprint density at radius 2 is 2.14 bits per heavy atom. The number of carbonyl (C=O) groups is 1. The summed E-state index contributed by atoms with van der Waals surface area (Å²) in [5, 5.41) is 0. The maximum absolute atomic E-state index is 11.5. The van der Waals surface area contributed by atoms with E-state index < -0.39 is 0 Å². The Morgan fingerprint density at radius 1 is 1.33 bits per heavy atom. The first-order valence-corrected chi connectivity index (χ1v) is 7.24. The maximum atomic E-state index is 11.5. The number of benzene rings is 1. The Kier molecular flexibility index (Phi) is 3.90. The normalized spacial score (nSPS) is 18.0. The molecule has 0 saturated carbocycles. The molecule has 1 aliphatic heterocycles. The van der Waals surface area contributed by atoms with Crippen LogP contribution in [0.2, 0.25) is 0 Å². The molecule has 0 radical (unpaired) electrons. The van der Waals surface area contributed by atoms with Crippen LogP contribution in [0.3, 0.4) is 0 Å². The van der Waals surface area contributed by atoms with Crippen LogP contribution < -0.4 is 0 Å². The van der Waals surface area contributed by atoms with Crippen molar-refractivity contribution in [2.75, 3.05) is 13.2 Å². The van der Waals surface area contributed by atoms with Crippen molar-refractivity contribution >= 4 is 6.09 Å². The molecule has 2 heterocycles. The lowest BCUT2D eigenvalue weighted by molar-refractivity contribution is 0.159. The standard InChI is InChI=1S/C16H19N3O2/c1-2-19-15(11-21-16(19)20)8-14-10-18(12-17-14)9-13-6-4-3-5-7-13/h3-7,10,12,15H,2,8-9,11H2,1H3/t15-/m0/s1. The molecule has 5 nitrogen and oxygen atoms in total. The number of likely N-dealkylation sites (N-methyl/N-ethyl adjacent to an activating group) is 1. The van der Waals surface area contributed by atoms with E-state index in [2.05, 4.69) is 21.7 Å². The van der Waals surface area contributed by atoms with E-state index in [0.29, 0.717) is 13.2 Å². The third kappa shape index (κ3) is 3.07. The van der Waals surface area contributed by atoms with Gasteiger partial charge in [-0.05, 0) is 12.5 Å². The molecule has 21 heavy (non-hydrogen) atoms. The Morgan fingerprint density at radius 3 is 2.90 bits per heavy atom. The van der Waals surface area contributed by atoms with Gasteiger partial charge in [-0.25, -0.2) is 9.78 Å². The minimum Gasteiger partial charge on any atom is -0.447 e. The van der Waals surface area contributed by atoms with Gasteiger partial charge in [0.2, 0.25) is 0 Å². The summed E-state index contributed by atoms with van der Waals surface area (Å²) in [7, 11) is 0. The number of carbonyl (C=O) groups excluding carboxylic acids is 1. The van der Waals surface area contributed by atoms with Crippen LogP contribution >= 0.6 is 0 Å². The molecule has 0 N–H and O–H groups in total. The second-order valence-electron chi connectivity index (χ2n) is 5.24. The van der Waals surface area contributed by atoms with Crippen molar-refractivity contribution < 1.29 is 9.53 Å². The fourth-order valence-corrected chi connectivity index (χ4v) is 2.68. The summed E-state index contributed by atoms with van der Waals surface area (Å²) < 4.78 is 7.16. The average Bonchev–Trinajstić information content (AvgIpc) is 3.07. The molecule has 110 valence electrons. The summed E-state index contributed by atoms with van der Waals surface area (Å²) in [4.78, 5) is 17.7. The molecule has 1 atom stereocenters. The van der Waals surface area contributed by atoms with Crippen LogP contribution in [0.1, 0.15) is 18.2 Å². The maximum Gasteiger partial charge on any atom is 0.410 e. The molecule has 2 aromatic rings. The van der Waals surface area contributed by atoms with Gasteiger partial charge in [-0.3, -0.25) is 0 Å². The summed E-state index contributed by atoms with van der Waals surface area (Å²) in [5.41, 5.74) is 2.24. The first kappa shape index (κ1) is 13.7. The van der Waals surface area contributed by atoms with E-state index in [4.69, 9.17) is 4.74 Å². The van der Waals surface area contributed by atoms with Crippen molar-refractivity contribution in [2.24, 2.45) is 0 Å². The molecule has 0 aliphatic carbocycles. The minimum absolute atomic E-state index is 0.0996. The zero-order chi connectivity index (χ0) is 14.7. The number of aromatic nitrogens is 2. The Labute approximate surface area is 124 Å². The average molecular weight is 285 g/mol. The highest BCUT2D eigenvalue weighted by atomic mass is 16.6. The molecule has 1 aromatic carbocycles. The van der Waals surface area contributed by atoms with Gasteiger partial charge in [0.1, 0.15) is 6.61 Å². The van der Waals surface area contributed by atoms with E-state index in [-0.39, 0.29) is 12.1 Å². The van der Waals surface area contributed by atoms with Crippen LogP contribution in [0.25, 0.3) is 0 Å². The highest BCUT2D eigenvalue weighted by molar-refractivity contribution is 5.70. The van der Waals surface area contributed by atoms with Crippen LogP contribution in [0.5, 0.6) is 0 Å². The molecular weight excluding hydrogens is 266 g/mol. The Bertz CT molecular complexity index is 609. The van der Waals surface area contributed by atoms with Crippen LogP contribution in [-0.4, -0.2) is 39.7 Å². The van der Waals surface area contributed by atoms with E-state index >= 15 is 0 Å². The molecule has 3 rings (SSSR count). The first-order valence-electron chi connectivity index (χ1n) is 7.24. The zero-order valence-corrected chi connectivity index (χ0v) is 12.1. The van der Waals surface area contributed by atoms with Gasteiger partial charge in [0.05, 0.1) is 18.1 Å². The van der Waals surface area contributed by atoms with Crippen molar-refractivity contribution in [2.45, 2.75) is 25.9 Å². The molecule has 0 unspecified atom stereocenters. The van der Waals surface area contributed by atoms with Crippen LogP contribution in [0, 0.1) is 0 Å². The number of rotatable bonds is 5. The first-order chi connectivity index (χ1) is 10.3. The van der Waals surface area contributed by atoms with Crippen molar-refractivity contribution in [3.05, 3.63) is 54.1 Å². The van der Waals surface area contributed by atoms with E-state index in [1.54, 1.807) is 4.90 Å². The zero-order valence-electron chi connectivity index (χ0n) is 12.1. The third-order valence-electron chi connectivity index (χ3n) is 3.75. The number of hydrogen-bond acceptors (Lipinski definition) is 3. The summed E-state index contributed by atoms with van der Waals surface area (Å²) >= 11 is 0. The van der Waals surface area contributed by atoms with E-state index in [1.165, 1.54) is 5.56 Å². The number of hydrogen-bond donors (Lipinski definition) is 0. The fraction of sp³-hybridized carbons (Fsp3) is 0.375. The molecule has 0 bridgehead atoms.